The number of nitrogens with zero attached hydrogens (tertiary/aromatic N) is 1. The van der Waals surface area contributed by atoms with Crippen LogP contribution in [0, 0.1) is 0 Å². The summed E-state index contributed by atoms with van der Waals surface area (Å²) in [4.78, 5) is 1.85. The van der Waals surface area contributed by atoms with Crippen molar-refractivity contribution in [2.75, 3.05) is 4.90 Å². The molecule has 3 aromatic heterocycles. The van der Waals surface area contributed by atoms with E-state index in [4.69, 9.17) is 8.60 Å². The highest BCUT2D eigenvalue weighted by Crippen LogP contribution is 2.48. The summed E-state index contributed by atoms with van der Waals surface area (Å²) in [5.41, 5.74) is -1.30. The van der Waals surface area contributed by atoms with Gasteiger partial charge in [0.25, 0.3) is 0 Å². The zero-order valence-electron chi connectivity index (χ0n) is 27.8. The van der Waals surface area contributed by atoms with Gasteiger partial charge in [0.05, 0.1) is 5.69 Å². The smallest absolute Gasteiger partial charge is 0.454 e. The molecular weight excluding hydrogens is 748 g/mol. The standard InChI is InChI=1S/C43H24F3NO4S3/c44-43(45,46)54(48,49)51-28-23-35-34-21-25(29-13-8-14-33-31-12-5-7-16-39(31)53-42(29)33)17-20-37(34)50-41(35)36(24-28)47(26-9-2-1-3-10-26)27-18-19-32-30-11-4-6-15-38(30)52-40(32)22-27/h1-24H. The van der Waals surface area contributed by atoms with Gasteiger partial charge < -0.3 is 13.5 Å². The number of thiophene rings is 2. The van der Waals surface area contributed by atoms with Crippen LogP contribution in [0.5, 0.6) is 5.75 Å². The van der Waals surface area contributed by atoms with E-state index in [0.717, 1.165) is 51.5 Å². The van der Waals surface area contributed by atoms with Crippen molar-refractivity contribution < 1.29 is 30.2 Å². The molecule has 0 radical (unpaired) electrons. The lowest BCUT2D eigenvalue weighted by molar-refractivity contribution is -0.0500. The molecular formula is C43H24F3NO4S3. The highest BCUT2D eigenvalue weighted by molar-refractivity contribution is 7.88. The minimum Gasteiger partial charge on any atom is -0.454 e. The van der Waals surface area contributed by atoms with Crippen LogP contribution >= 0.6 is 22.7 Å². The summed E-state index contributed by atoms with van der Waals surface area (Å²) in [6.45, 7) is 0. The van der Waals surface area contributed by atoms with Crippen molar-refractivity contribution >= 4 is 112 Å². The Kier molecular flexibility index (Phi) is 7.32. The van der Waals surface area contributed by atoms with E-state index in [-0.39, 0.29) is 0 Å². The van der Waals surface area contributed by atoms with Gasteiger partial charge in [-0.15, -0.1) is 22.7 Å². The van der Waals surface area contributed by atoms with Crippen LogP contribution in [0.1, 0.15) is 0 Å². The quantitative estimate of drug-likeness (QED) is 0.124. The second-order valence-electron chi connectivity index (χ2n) is 12.8. The second-order valence-corrected chi connectivity index (χ2v) is 16.5. The number of alkyl halides is 3. The molecule has 0 bridgehead atoms. The molecule has 10 rings (SSSR count). The Hall–Kier alpha value is -5.88. The van der Waals surface area contributed by atoms with Gasteiger partial charge in [-0.2, -0.15) is 21.6 Å². The van der Waals surface area contributed by atoms with E-state index >= 15 is 0 Å². The van der Waals surface area contributed by atoms with E-state index in [1.165, 1.54) is 12.1 Å². The van der Waals surface area contributed by atoms with E-state index in [9.17, 15) is 21.6 Å². The fourth-order valence-electron chi connectivity index (χ4n) is 7.22. The van der Waals surface area contributed by atoms with E-state index in [1.807, 2.05) is 108 Å². The average molecular weight is 772 g/mol. The lowest BCUT2D eigenvalue weighted by Crippen LogP contribution is -2.28. The van der Waals surface area contributed by atoms with E-state index in [2.05, 4.69) is 30.3 Å². The van der Waals surface area contributed by atoms with Crippen molar-refractivity contribution in [2.24, 2.45) is 0 Å². The number of halogens is 3. The van der Waals surface area contributed by atoms with Gasteiger partial charge in [-0.25, -0.2) is 0 Å². The van der Waals surface area contributed by atoms with Crippen molar-refractivity contribution in [2.45, 2.75) is 5.51 Å². The number of benzene rings is 7. The first-order chi connectivity index (χ1) is 26.1. The van der Waals surface area contributed by atoms with Crippen molar-refractivity contribution in [3.8, 4) is 16.9 Å². The number of hydrogen-bond donors (Lipinski definition) is 0. The van der Waals surface area contributed by atoms with E-state index in [0.29, 0.717) is 39.0 Å². The third kappa shape index (κ3) is 5.22. The predicted octanol–water partition coefficient (Wildman–Crippen LogP) is 13.7. The topological polar surface area (TPSA) is 59.8 Å². The Balaban J connectivity index is 1.23. The maximum atomic E-state index is 13.8. The molecule has 0 saturated carbocycles. The molecule has 0 aliphatic carbocycles. The first kappa shape index (κ1) is 32.7. The summed E-state index contributed by atoms with van der Waals surface area (Å²) in [7, 11) is -6.01. The molecule has 264 valence electrons. The Morgan fingerprint density at radius 2 is 1.26 bits per heavy atom. The van der Waals surface area contributed by atoms with Gasteiger partial charge in [0.2, 0.25) is 0 Å². The monoisotopic (exact) mass is 771 g/mol. The van der Waals surface area contributed by atoms with Crippen LogP contribution in [0.15, 0.2) is 150 Å². The Morgan fingerprint density at radius 1 is 0.574 bits per heavy atom. The van der Waals surface area contributed by atoms with Crippen LogP contribution < -0.4 is 9.08 Å². The first-order valence-corrected chi connectivity index (χ1v) is 19.9. The van der Waals surface area contributed by atoms with Crippen molar-refractivity contribution in [1.29, 1.82) is 0 Å². The van der Waals surface area contributed by atoms with Crippen molar-refractivity contribution in [3.05, 3.63) is 146 Å². The fraction of sp³-hybridized carbons (Fsp3) is 0.0233. The number of rotatable bonds is 6. The van der Waals surface area contributed by atoms with Crippen LogP contribution in [-0.2, 0) is 10.1 Å². The summed E-state index contributed by atoms with van der Waals surface area (Å²) < 4.78 is 82.0. The maximum Gasteiger partial charge on any atom is 0.534 e. The number of furan rings is 1. The maximum absolute atomic E-state index is 13.8. The van der Waals surface area contributed by atoms with Gasteiger partial charge in [0, 0.05) is 68.6 Å². The first-order valence-electron chi connectivity index (χ1n) is 16.8. The lowest BCUT2D eigenvalue weighted by atomic mass is 10.0. The highest BCUT2D eigenvalue weighted by atomic mass is 32.2. The van der Waals surface area contributed by atoms with Gasteiger partial charge in [-0.1, -0.05) is 84.9 Å². The molecule has 0 aliphatic heterocycles. The van der Waals surface area contributed by atoms with Gasteiger partial charge in [-0.3, -0.25) is 0 Å². The molecule has 0 spiro atoms. The van der Waals surface area contributed by atoms with Crippen LogP contribution in [0.4, 0.5) is 30.2 Å². The van der Waals surface area contributed by atoms with Crippen molar-refractivity contribution in [3.63, 3.8) is 0 Å². The Bertz CT molecular complexity index is 3220. The minimum absolute atomic E-state index is 0.302. The molecule has 0 amide bonds. The summed E-state index contributed by atoms with van der Waals surface area (Å²) in [6.07, 6.45) is 0. The lowest BCUT2D eigenvalue weighted by Gasteiger charge is -2.26. The van der Waals surface area contributed by atoms with Crippen LogP contribution in [0.2, 0.25) is 0 Å². The Morgan fingerprint density at radius 3 is 2.04 bits per heavy atom. The summed E-state index contributed by atoms with van der Waals surface area (Å²) in [5.74, 6) is -0.501. The zero-order valence-corrected chi connectivity index (χ0v) is 30.2. The zero-order chi connectivity index (χ0) is 36.8. The normalized spacial score (nSPS) is 12.5. The Labute approximate surface area is 313 Å². The molecule has 7 aromatic carbocycles. The predicted molar refractivity (Wildman–Crippen MR) is 215 cm³/mol. The number of para-hydroxylation sites is 1. The molecule has 0 atom stereocenters. The molecule has 0 saturated heterocycles. The van der Waals surface area contributed by atoms with Crippen LogP contribution in [-0.4, -0.2) is 13.9 Å². The third-order valence-electron chi connectivity index (χ3n) is 9.61. The molecule has 54 heavy (non-hydrogen) atoms. The average Bonchev–Trinajstić information content (AvgIpc) is 3.86. The molecule has 11 heteroatoms. The van der Waals surface area contributed by atoms with Gasteiger partial charge in [0.15, 0.2) is 5.58 Å². The molecule has 0 unspecified atom stereocenters. The molecule has 5 nitrogen and oxygen atoms in total. The summed E-state index contributed by atoms with van der Waals surface area (Å²) >= 11 is 3.31. The summed E-state index contributed by atoms with van der Waals surface area (Å²) in [6, 6.07) is 46.1. The highest BCUT2D eigenvalue weighted by Gasteiger charge is 2.48. The molecule has 0 N–H and O–H groups in total. The van der Waals surface area contributed by atoms with Crippen LogP contribution in [0.3, 0.4) is 0 Å². The van der Waals surface area contributed by atoms with Crippen molar-refractivity contribution in [1.82, 2.24) is 0 Å². The molecule has 0 fully saturated rings. The van der Waals surface area contributed by atoms with E-state index < -0.39 is 21.4 Å². The molecule has 3 heterocycles. The number of fused-ring (bicyclic) bond motifs is 9. The van der Waals surface area contributed by atoms with Gasteiger partial charge in [-0.05, 0) is 65.7 Å². The van der Waals surface area contributed by atoms with E-state index in [1.54, 1.807) is 22.7 Å². The molecule has 10 aromatic rings. The third-order valence-corrected chi connectivity index (χ3v) is 12.9. The second kappa shape index (κ2) is 12.1. The van der Waals surface area contributed by atoms with Gasteiger partial charge >= 0.3 is 15.6 Å². The number of anilines is 3. The summed E-state index contributed by atoms with van der Waals surface area (Å²) in [5, 5.41) is 5.44. The number of hydrogen-bond acceptors (Lipinski definition) is 7. The minimum atomic E-state index is -6.01. The molecule has 0 aliphatic rings. The fourth-order valence-corrected chi connectivity index (χ4v) is 10.0. The SMILES string of the molecule is O=S(=O)(Oc1cc(N(c2ccccc2)c2ccc3c(c2)sc2ccccc23)c2oc3ccc(-c4cccc5c4sc4ccccc45)cc3c2c1)C(F)(F)F. The largest absolute Gasteiger partial charge is 0.534 e. The van der Waals surface area contributed by atoms with Crippen LogP contribution in [0.25, 0.3) is 73.4 Å². The van der Waals surface area contributed by atoms with Gasteiger partial charge in [0.1, 0.15) is 11.3 Å².